The van der Waals surface area contributed by atoms with Gasteiger partial charge in [-0.3, -0.25) is 0 Å². The van der Waals surface area contributed by atoms with Crippen LogP contribution in [0, 0.1) is 0 Å². The SMILES string of the molecule is CC(C)N1CCC(N(Cc2cccc(N(C)c3ccccn3)n2)c2nccc(-c3ccc(C(F)(F)F)cc3)n2)CC1. The summed E-state index contributed by atoms with van der Waals surface area (Å²) in [6, 6.07) is 19.2. The summed E-state index contributed by atoms with van der Waals surface area (Å²) in [7, 11) is 1.94. The number of halogens is 3. The molecule has 4 heterocycles. The van der Waals surface area contributed by atoms with Gasteiger partial charge in [0.2, 0.25) is 5.95 Å². The molecule has 0 spiro atoms. The van der Waals surface area contributed by atoms with E-state index >= 15 is 0 Å². The van der Waals surface area contributed by atoms with Crippen LogP contribution >= 0.6 is 0 Å². The topological polar surface area (TPSA) is 61.3 Å². The summed E-state index contributed by atoms with van der Waals surface area (Å²) in [6.07, 6.45) is 0.925. The molecule has 0 saturated carbocycles. The molecule has 1 aliphatic rings. The van der Waals surface area contributed by atoms with E-state index in [-0.39, 0.29) is 6.04 Å². The molecule has 10 heteroatoms. The Morgan fingerprint density at radius 3 is 2.24 bits per heavy atom. The summed E-state index contributed by atoms with van der Waals surface area (Å²) in [6.45, 7) is 6.85. The Kier molecular flexibility index (Phi) is 8.49. The summed E-state index contributed by atoms with van der Waals surface area (Å²) < 4.78 is 39.3. The normalized spacial score (nSPS) is 14.8. The number of rotatable bonds is 8. The first-order valence-corrected chi connectivity index (χ1v) is 13.8. The largest absolute Gasteiger partial charge is 0.416 e. The highest BCUT2D eigenvalue weighted by Crippen LogP contribution is 2.31. The first-order valence-electron chi connectivity index (χ1n) is 13.8. The number of piperidine rings is 1. The quantitative estimate of drug-likeness (QED) is 0.240. The van der Waals surface area contributed by atoms with Crippen LogP contribution in [0.5, 0.6) is 0 Å². The van der Waals surface area contributed by atoms with Crippen molar-refractivity contribution in [3.05, 3.63) is 90.4 Å². The van der Waals surface area contributed by atoms with Gasteiger partial charge in [-0.2, -0.15) is 13.2 Å². The van der Waals surface area contributed by atoms with Crippen molar-refractivity contribution in [3.8, 4) is 11.3 Å². The van der Waals surface area contributed by atoms with E-state index in [0.29, 0.717) is 29.8 Å². The number of benzene rings is 1. The molecule has 0 aliphatic carbocycles. The number of anilines is 3. The number of alkyl halides is 3. The molecule has 3 aromatic heterocycles. The van der Waals surface area contributed by atoms with E-state index in [0.717, 1.165) is 55.4 Å². The lowest BCUT2D eigenvalue weighted by atomic mass is 10.0. The van der Waals surface area contributed by atoms with Crippen LogP contribution in [0.15, 0.2) is 79.1 Å². The van der Waals surface area contributed by atoms with Crippen molar-refractivity contribution < 1.29 is 13.2 Å². The zero-order valence-corrected chi connectivity index (χ0v) is 23.5. The summed E-state index contributed by atoms with van der Waals surface area (Å²) in [5.74, 6) is 2.11. The lowest BCUT2D eigenvalue weighted by molar-refractivity contribution is -0.137. The van der Waals surface area contributed by atoms with Crippen molar-refractivity contribution in [3.63, 3.8) is 0 Å². The van der Waals surface area contributed by atoms with Gasteiger partial charge in [0.25, 0.3) is 0 Å². The minimum Gasteiger partial charge on any atom is -0.332 e. The van der Waals surface area contributed by atoms with E-state index < -0.39 is 11.7 Å². The standard InChI is InChI=1S/C31H34F3N7/c1-22(2)40-19-15-26(16-20-40)41(21-25-7-6-9-29(37-25)39(3)28-8-4-5-17-35-28)30-36-18-14-27(38-30)23-10-12-24(13-11-23)31(32,33)34/h4-14,17-18,22,26H,15-16,19-21H2,1-3H3. The average Bonchev–Trinajstić information content (AvgIpc) is 3.00. The van der Waals surface area contributed by atoms with Crippen LogP contribution in [0.4, 0.5) is 30.8 Å². The van der Waals surface area contributed by atoms with Gasteiger partial charge in [-0.1, -0.05) is 24.3 Å². The van der Waals surface area contributed by atoms with Gasteiger partial charge in [-0.15, -0.1) is 0 Å². The zero-order chi connectivity index (χ0) is 29.0. The zero-order valence-electron chi connectivity index (χ0n) is 23.5. The van der Waals surface area contributed by atoms with E-state index in [1.807, 2.05) is 48.3 Å². The van der Waals surface area contributed by atoms with Gasteiger partial charge in [0.1, 0.15) is 11.6 Å². The lowest BCUT2D eigenvalue weighted by Gasteiger charge is -2.40. The molecule has 1 saturated heterocycles. The third-order valence-corrected chi connectivity index (χ3v) is 7.54. The van der Waals surface area contributed by atoms with Crippen LogP contribution < -0.4 is 9.80 Å². The fourth-order valence-electron chi connectivity index (χ4n) is 5.14. The minimum atomic E-state index is -4.39. The molecule has 1 aromatic carbocycles. The van der Waals surface area contributed by atoms with Gasteiger partial charge in [0, 0.05) is 50.2 Å². The lowest BCUT2D eigenvalue weighted by Crippen LogP contribution is -2.47. The third kappa shape index (κ3) is 6.82. The Morgan fingerprint density at radius 2 is 1.59 bits per heavy atom. The van der Waals surface area contributed by atoms with E-state index in [1.165, 1.54) is 12.1 Å². The van der Waals surface area contributed by atoms with Crippen LogP contribution in [0.1, 0.15) is 37.9 Å². The van der Waals surface area contributed by atoms with Gasteiger partial charge >= 0.3 is 6.18 Å². The predicted octanol–water partition coefficient (Wildman–Crippen LogP) is 6.60. The van der Waals surface area contributed by atoms with Crippen molar-refractivity contribution >= 4 is 17.6 Å². The van der Waals surface area contributed by atoms with Crippen LogP contribution in [0.2, 0.25) is 0 Å². The van der Waals surface area contributed by atoms with Gasteiger partial charge in [0.15, 0.2) is 0 Å². The second-order valence-corrected chi connectivity index (χ2v) is 10.5. The number of hydrogen-bond donors (Lipinski definition) is 0. The number of likely N-dealkylation sites (tertiary alicyclic amines) is 1. The maximum atomic E-state index is 13.1. The number of hydrogen-bond acceptors (Lipinski definition) is 7. The molecular formula is C31H34F3N7. The maximum absolute atomic E-state index is 13.1. The Labute approximate surface area is 238 Å². The van der Waals surface area contributed by atoms with Crippen LogP contribution in [0.25, 0.3) is 11.3 Å². The smallest absolute Gasteiger partial charge is 0.332 e. The molecule has 0 unspecified atom stereocenters. The summed E-state index contributed by atoms with van der Waals surface area (Å²) in [4.78, 5) is 25.4. The van der Waals surface area contributed by atoms with Crippen molar-refractivity contribution in [2.24, 2.45) is 0 Å². The Hall–Kier alpha value is -4.05. The molecule has 41 heavy (non-hydrogen) atoms. The number of pyridine rings is 2. The number of aromatic nitrogens is 4. The van der Waals surface area contributed by atoms with Crippen LogP contribution in [0.3, 0.4) is 0 Å². The molecule has 1 aliphatic heterocycles. The van der Waals surface area contributed by atoms with Crippen LogP contribution in [-0.4, -0.2) is 57.1 Å². The minimum absolute atomic E-state index is 0.187. The molecule has 0 amide bonds. The van der Waals surface area contributed by atoms with E-state index in [1.54, 1.807) is 18.5 Å². The summed E-state index contributed by atoms with van der Waals surface area (Å²) in [5, 5.41) is 0. The van der Waals surface area contributed by atoms with Gasteiger partial charge in [-0.25, -0.2) is 19.9 Å². The Morgan fingerprint density at radius 1 is 0.854 bits per heavy atom. The molecule has 0 N–H and O–H groups in total. The highest BCUT2D eigenvalue weighted by molar-refractivity contribution is 5.61. The monoisotopic (exact) mass is 561 g/mol. The maximum Gasteiger partial charge on any atom is 0.416 e. The molecule has 0 radical (unpaired) electrons. The molecule has 0 atom stereocenters. The van der Waals surface area contributed by atoms with E-state index in [9.17, 15) is 13.2 Å². The van der Waals surface area contributed by atoms with Gasteiger partial charge in [-0.05, 0) is 69.2 Å². The van der Waals surface area contributed by atoms with Crippen molar-refractivity contribution in [1.29, 1.82) is 0 Å². The second-order valence-electron chi connectivity index (χ2n) is 10.5. The fourth-order valence-corrected chi connectivity index (χ4v) is 5.14. The highest BCUT2D eigenvalue weighted by atomic mass is 19.4. The second kappa shape index (κ2) is 12.2. The summed E-state index contributed by atoms with van der Waals surface area (Å²) >= 11 is 0. The van der Waals surface area contributed by atoms with E-state index in [4.69, 9.17) is 9.97 Å². The third-order valence-electron chi connectivity index (χ3n) is 7.54. The first-order chi connectivity index (χ1) is 19.7. The summed E-state index contributed by atoms with van der Waals surface area (Å²) in [5.41, 5.74) is 1.36. The Bertz CT molecular complexity index is 1420. The van der Waals surface area contributed by atoms with Crippen LogP contribution in [-0.2, 0) is 12.7 Å². The van der Waals surface area contributed by atoms with E-state index in [2.05, 4.69) is 33.6 Å². The fraction of sp³-hybridized carbons (Fsp3) is 0.355. The molecule has 4 aromatic rings. The number of nitrogens with zero attached hydrogens (tertiary/aromatic N) is 7. The van der Waals surface area contributed by atoms with Gasteiger partial charge in [0.05, 0.1) is 23.5 Å². The van der Waals surface area contributed by atoms with Crippen molar-refractivity contribution in [2.75, 3.05) is 29.9 Å². The molecule has 7 nitrogen and oxygen atoms in total. The van der Waals surface area contributed by atoms with Crippen molar-refractivity contribution in [2.45, 2.75) is 51.5 Å². The molecule has 5 rings (SSSR count). The Balaban J connectivity index is 1.44. The molecule has 0 bridgehead atoms. The molecular weight excluding hydrogens is 527 g/mol. The average molecular weight is 562 g/mol. The van der Waals surface area contributed by atoms with Crippen molar-refractivity contribution in [1.82, 2.24) is 24.8 Å². The predicted molar refractivity (Wildman–Crippen MR) is 155 cm³/mol. The molecule has 214 valence electrons. The highest BCUT2D eigenvalue weighted by Gasteiger charge is 2.30. The first kappa shape index (κ1) is 28.5. The molecule has 1 fully saturated rings. The van der Waals surface area contributed by atoms with Gasteiger partial charge < -0.3 is 14.7 Å².